The van der Waals surface area contributed by atoms with Gasteiger partial charge in [-0.15, -0.1) is 0 Å². The summed E-state index contributed by atoms with van der Waals surface area (Å²) >= 11 is 0. The van der Waals surface area contributed by atoms with Crippen molar-refractivity contribution in [2.24, 2.45) is 0 Å². The lowest BCUT2D eigenvalue weighted by molar-refractivity contribution is -0.144. The molecule has 2 aliphatic heterocycles. The van der Waals surface area contributed by atoms with Crippen molar-refractivity contribution in [3.8, 4) is 0 Å². The molecule has 2 aliphatic rings. The predicted octanol–water partition coefficient (Wildman–Crippen LogP) is 3.04. The highest BCUT2D eigenvalue weighted by Gasteiger charge is 2.56. The fraction of sp³-hybridized carbons (Fsp3) is 0.300. The van der Waals surface area contributed by atoms with Crippen LogP contribution in [0.2, 0.25) is 0 Å². The minimum absolute atomic E-state index is 0.123. The van der Waals surface area contributed by atoms with E-state index in [1.807, 2.05) is 60.7 Å². The summed E-state index contributed by atoms with van der Waals surface area (Å²) < 4.78 is 5.36. The lowest BCUT2D eigenvalue weighted by Gasteiger charge is -2.43. The van der Waals surface area contributed by atoms with E-state index in [2.05, 4.69) is 0 Å². The van der Waals surface area contributed by atoms with Gasteiger partial charge in [0.1, 0.15) is 11.5 Å². The van der Waals surface area contributed by atoms with E-state index in [1.54, 1.807) is 4.90 Å². The topological polar surface area (TPSA) is 66.8 Å². The Kier molecular flexibility index (Phi) is 3.71. The molecule has 0 radical (unpaired) electrons. The van der Waals surface area contributed by atoms with Gasteiger partial charge in [0, 0.05) is 0 Å². The first-order valence-electron chi connectivity index (χ1n) is 8.45. The van der Waals surface area contributed by atoms with Crippen LogP contribution in [0.25, 0.3) is 0 Å². The van der Waals surface area contributed by atoms with Crippen molar-refractivity contribution in [2.75, 3.05) is 6.54 Å². The van der Waals surface area contributed by atoms with Crippen molar-refractivity contribution in [3.05, 3.63) is 71.8 Å². The van der Waals surface area contributed by atoms with Gasteiger partial charge in [-0.1, -0.05) is 60.7 Å². The summed E-state index contributed by atoms with van der Waals surface area (Å²) in [5.74, 6) is -0.951. The van der Waals surface area contributed by atoms with Crippen molar-refractivity contribution >= 4 is 12.1 Å². The second-order valence-corrected chi connectivity index (χ2v) is 6.60. The standard InChI is InChI=1S/C20H19NO4/c22-18(23)20(14-7-3-1-4-8-14,15-9-5-2-6-10-15)17-12-11-16-13-21(17)19(24)25-16/h1-10,16-17H,11-13H2,(H,22,23)/t16-,17?/m1/s1. The van der Waals surface area contributed by atoms with Crippen LogP contribution >= 0.6 is 0 Å². The van der Waals surface area contributed by atoms with Crippen LogP contribution in [0.3, 0.4) is 0 Å². The van der Waals surface area contributed by atoms with E-state index in [9.17, 15) is 14.7 Å². The van der Waals surface area contributed by atoms with E-state index in [-0.39, 0.29) is 6.10 Å². The Morgan fingerprint density at radius 3 is 2.08 bits per heavy atom. The van der Waals surface area contributed by atoms with E-state index >= 15 is 0 Å². The number of ether oxygens (including phenoxy) is 1. The third kappa shape index (κ3) is 2.30. The number of rotatable bonds is 4. The van der Waals surface area contributed by atoms with Crippen molar-refractivity contribution in [3.63, 3.8) is 0 Å². The molecule has 25 heavy (non-hydrogen) atoms. The molecule has 4 rings (SSSR count). The number of fused-ring (bicyclic) bond motifs is 2. The van der Waals surface area contributed by atoms with Crippen LogP contribution in [0, 0.1) is 0 Å². The largest absolute Gasteiger partial charge is 0.480 e. The van der Waals surface area contributed by atoms with Crippen LogP contribution in [0.5, 0.6) is 0 Å². The molecule has 2 aromatic rings. The molecule has 2 atom stereocenters. The maximum atomic E-state index is 12.7. The molecule has 1 amide bonds. The third-order valence-electron chi connectivity index (χ3n) is 5.34. The van der Waals surface area contributed by atoms with E-state index < -0.39 is 23.5 Å². The molecule has 2 bridgehead atoms. The van der Waals surface area contributed by atoms with Gasteiger partial charge in [0.15, 0.2) is 0 Å². The van der Waals surface area contributed by atoms with Crippen LogP contribution in [-0.4, -0.2) is 40.8 Å². The first-order valence-corrected chi connectivity index (χ1v) is 8.45. The smallest absolute Gasteiger partial charge is 0.410 e. The molecule has 128 valence electrons. The molecule has 2 aromatic carbocycles. The fourth-order valence-electron chi connectivity index (χ4n) is 4.24. The first kappa shape index (κ1) is 15.7. The summed E-state index contributed by atoms with van der Waals surface area (Å²) in [6, 6.07) is 17.9. The van der Waals surface area contributed by atoms with Crippen LogP contribution in [0.4, 0.5) is 4.79 Å². The number of carbonyl (C=O) groups is 2. The van der Waals surface area contributed by atoms with Crippen LogP contribution in [0.15, 0.2) is 60.7 Å². The molecule has 0 aromatic heterocycles. The number of piperidine rings is 1. The SMILES string of the molecule is O=C1O[C@@H]2CCC(C(C(=O)O)(c3ccccc3)c3ccccc3)N1C2. The molecule has 2 saturated heterocycles. The van der Waals surface area contributed by atoms with Crippen molar-refractivity contribution in [1.82, 2.24) is 4.90 Å². The summed E-state index contributed by atoms with van der Waals surface area (Å²) in [6.07, 6.45) is 0.737. The summed E-state index contributed by atoms with van der Waals surface area (Å²) in [7, 11) is 0. The number of amides is 1. The number of hydrogen-bond donors (Lipinski definition) is 1. The molecule has 5 heteroatoms. The Hall–Kier alpha value is -2.82. The molecular weight excluding hydrogens is 318 g/mol. The minimum atomic E-state index is -1.32. The monoisotopic (exact) mass is 337 g/mol. The van der Waals surface area contributed by atoms with Gasteiger partial charge in [-0.2, -0.15) is 0 Å². The number of nitrogens with zero attached hydrogens (tertiary/aromatic N) is 1. The van der Waals surface area contributed by atoms with Crippen molar-refractivity contribution in [1.29, 1.82) is 0 Å². The summed E-state index contributed by atoms with van der Waals surface area (Å²) in [5.41, 5.74) is 0.0327. The Bertz CT molecular complexity index is 750. The van der Waals surface area contributed by atoms with E-state index in [0.29, 0.717) is 30.5 Å². The number of benzene rings is 2. The van der Waals surface area contributed by atoms with E-state index in [0.717, 1.165) is 0 Å². The highest BCUT2D eigenvalue weighted by Crippen LogP contribution is 2.44. The fourth-order valence-corrected chi connectivity index (χ4v) is 4.24. The second kappa shape index (κ2) is 5.92. The van der Waals surface area contributed by atoms with Gasteiger partial charge >= 0.3 is 12.1 Å². The maximum absolute atomic E-state index is 12.7. The van der Waals surface area contributed by atoms with Gasteiger partial charge in [0.2, 0.25) is 0 Å². The molecule has 0 spiro atoms. The summed E-state index contributed by atoms with van der Waals surface area (Å²) in [4.78, 5) is 26.6. The lowest BCUT2D eigenvalue weighted by atomic mass is 9.66. The number of carboxylic acids is 1. The van der Waals surface area contributed by atoms with Gasteiger partial charge in [0.05, 0.1) is 12.6 Å². The Morgan fingerprint density at radius 2 is 1.56 bits per heavy atom. The van der Waals surface area contributed by atoms with Gasteiger partial charge in [-0.3, -0.25) is 9.69 Å². The van der Waals surface area contributed by atoms with Crippen LogP contribution in [0.1, 0.15) is 24.0 Å². The zero-order valence-electron chi connectivity index (χ0n) is 13.7. The normalized spacial score (nSPS) is 22.6. The van der Waals surface area contributed by atoms with E-state index in [4.69, 9.17) is 4.74 Å². The Balaban J connectivity index is 1.95. The highest BCUT2D eigenvalue weighted by atomic mass is 16.6. The van der Waals surface area contributed by atoms with Gasteiger partial charge in [0.25, 0.3) is 0 Å². The number of carbonyl (C=O) groups excluding carboxylic acids is 1. The Labute approximate surface area is 145 Å². The van der Waals surface area contributed by atoms with Gasteiger partial charge < -0.3 is 9.84 Å². The number of aliphatic carboxylic acids is 1. The maximum Gasteiger partial charge on any atom is 0.410 e. The van der Waals surface area contributed by atoms with E-state index in [1.165, 1.54) is 0 Å². The second-order valence-electron chi connectivity index (χ2n) is 6.60. The molecule has 0 saturated carbocycles. The average molecular weight is 337 g/mol. The predicted molar refractivity (Wildman–Crippen MR) is 91.3 cm³/mol. The van der Waals surface area contributed by atoms with Crippen LogP contribution in [-0.2, 0) is 14.9 Å². The lowest BCUT2D eigenvalue weighted by Crippen LogP contribution is -2.57. The third-order valence-corrected chi connectivity index (χ3v) is 5.34. The zero-order valence-corrected chi connectivity index (χ0v) is 13.7. The van der Waals surface area contributed by atoms with Gasteiger partial charge in [-0.05, 0) is 24.0 Å². The molecule has 2 fully saturated rings. The first-order chi connectivity index (χ1) is 12.1. The quantitative estimate of drug-likeness (QED) is 0.931. The zero-order chi connectivity index (χ0) is 17.4. The molecule has 5 nitrogen and oxygen atoms in total. The molecular formula is C20H19NO4. The van der Waals surface area contributed by atoms with Crippen LogP contribution < -0.4 is 0 Å². The highest BCUT2D eigenvalue weighted by molar-refractivity contribution is 5.88. The number of carboxylic acid groups (broad SMARTS) is 1. The van der Waals surface area contributed by atoms with Crippen molar-refractivity contribution in [2.45, 2.75) is 30.4 Å². The molecule has 1 unspecified atom stereocenters. The average Bonchev–Trinajstić information content (AvgIpc) is 2.93. The Morgan fingerprint density at radius 1 is 1.00 bits per heavy atom. The molecule has 1 N–H and O–H groups in total. The number of hydrogen-bond acceptors (Lipinski definition) is 3. The minimum Gasteiger partial charge on any atom is -0.480 e. The molecule has 0 aliphatic carbocycles. The molecule has 2 heterocycles. The summed E-state index contributed by atoms with van der Waals surface area (Å²) in [5, 5.41) is 10.4. The van der Waals surface area contributed by atoms with Crippen molar-refractivity contribution < 1.29 is 19.4 Å². The van der Waals surface area contributed by atoms with Gasteiger partial charge in [-0.25, -0.2) is 4.79 Å². The summed E-state index contributed by atoms with van der Waals surface area (Å²) in [6.45, 7) is 0.457.